The third-order valence-electron chi connectivity index (χ3n) is 2.28. The predicted octanol–water partition coefficient (Wildman–Crippen LogP) is 2.44. The van der Waals surface area contributed by atoms with Gasteiger partial charge in [-0.2, -0.15) is 0 Å². The van der Waals surface area contributed by atoms with E-state index in [0.29, 0.717) is 6.10 Å². The van der Waals surface area contributed by atoms with Crippen molar-refractivity contribution in [3.05, 3.63) is 22.4 Å². The topological polar surface area (TPSA) is 21.3 Å². The Morgan fingerprint density at radius 3 is 3.14 bits per heavy atom. The van der Waals surface area contributed by atoms with Gasteiger partial charge in [-0.15, -0.1) is 23.7 Å². The van der Waals surface area contributed by atoms with E-state index in [2.05, 4.69) is 22.8 Å². The van der Waals surface area contributed by atoms with Crippen molar-refractivity contribution in [2.45, 2.75) is 25.5 Å². The molecule has 2 rings (SSSR count). The van der Waals surface area contributed by atoms with Crippen molar-refractivity contribution in [3.8, 4) is 0 Å². The maximum atomic E-state index is 5.51. The van der Waals surface area contributed by atoms with Crippen molar-refractivity contribution >= 4 is 23.7 Å². The third-order valence-corrected chi connectivity index (χ3v) is 3.15. The molecule has 1 saturated heterocycles. The molecule has 0 radical (unpaired) electrons. The van der Waals surface area contributed by atoms with Crippen LogP contribution in [0.5, 0.6) is 0 Å². The molecular weight excluding hydrogens is 218 g/mol. The van der Waals surface area contributed by atoms with Crippen molar-refractivity contribution in [2.24, 2.45) is 0 Å². The molecule has 1 atom stereocenters. The van der Waals surface area contributed by atoms with Crippen LogP contribution >= 0.6 is 23.7 Å². The molecule has 0 aliphatic carbocycles. The van der Waals surface area contributed by atoms with Crippen LogP contribution in [0.4, 0.5) is 0 Å². The SMILES string of the molecule is Cl.c1csc(CNCC2CCCO2)c1. The normalized spacial score (nSPS) is 20.7. The van der Waals surface area contributed by atoms with Gasteiger partial charge in [0.2, 0.25) is 0 Å². The number of rotatable bonds is 4. The smallest absolute Gasteiger partial charge is 0.0700 e. The molecule has 1 aliphatic rings. The second-order valence-corrected chi connectivity index (χ2v) is 4.38. The standard InChI is InChI=1S/C10H15NOS.ClH/c1-3-9(12-5-1)7-11-8-10-4-2-6-13-10;/h2,4,6,9,11H,1,3,5,7-8H2;1H. The first kappa shape index (κ1) is 12.0. The first-order valence-corrected chi connectivity index (χ1v) is 5.68. The summed E-state index contributed by atoms with van der Waals surface area (Å²) >= 11 is 1.80. The molecular formula is C10H16ClNOS. The minimum atomic E-state index is 0. The lowest BCUT2D eigenvalue weighted by molar-refractivity contribution is 0.110. The minimum Gasteiger partial charge on any atom is -0.377 e. The quantitative estimate of drug-likeness (QED) is 0.863. The molecule has 1 aromatic heterocycles. The Balaban J connectivity index is 0.000000980. The van der Waals surface area contributed by atoms with Crippen LogP contribution in [0.15, 0.2) is 17.5 Å². The fourth-order valence-corrected chi connectivity index (χ4v) is 2.25. The Kier molecular flexibility index (Phi) is 5.48. The summed E-state index contributed by atoms with van der Waals surface area (Å²) in [5.74, 6) is 0. The molecule has 1 unspecified atom stereocenters. The van der Waals surface area contributed by atoms with Gasteiger partial charge in [-0.05, 0) is 24.3 Å². The molecule has 14 heavy (non-hydrogen) atoms. The molecule has 0 saturated carbocycles. The Labute approximate surface area is 95.1 Å². The maximum Gasteiger partial charge on any atom is 0.0700 e. The van der Waals surface area contributed by atoms with Gasteiger partial charge >= 0.3 is 0 Å². The largest absolute Gasteiger partial charge is 0.377 e. The van der Waals surface area contributed by atoms with Crippen LogP contribution in [0, 0.1) is 0 Å². The fraction of sp³-hybridized carbons (Fsp3) is 0.600. The van der Waals surface area contributed by atoms with E-state index in [-0.39, 0.29) is 12.4 Å². The number of thiophene rings is 1. The van der Waals surface area contributed by atoms with Crippen LogP contribution in [-0.2, 0) is 11.3 Å². The summed E-state index contributed by atoms with van der Waals surface area (Å²) in [7, 11) is 0. The summed E-state index contributed by atoms with van der Waals surface area (Å²) in [5.41, 5.74) is 0. The number of hydrogen-bond donors (Lipinski definition) is 1. The molecule has 1 N–H and O–H groups in total. The average Bonchev–Trinajstić information content (AvgIpc) is 2.75. The second-order valence-electron chi connectivity index (χ2n) is 3.35. The Morgan fingerprint density at radius 2 is 2.50 bits per heavy atom. The zero-order chi connectivity index (χ0) is 8.93. The maximum absolute atomic E-state index is 5.51. The fourth-order valence-electron chi connectivity index (χ4n) is 1.57. The highest BCUT2D eigenvalue weighted by Gasteiger charge is 2.14. The van der Waals surface area contributed by atoms with Gasteiger partial charge < -0.3 is 10.1 Å². The van der Waals surface area contributed by atoms with Crippen molar-refractivity contribution in [1.82, 2.24) is 5.32 Å². The van der Waals surface area contributed by atoms with E-state index in [4.69, 9.17) is 4.74 Å². The molecule has 1 fully saturated rings. The Hall–Kier alpha value is -0.0900. The highest BCUT2D eigenvalue weighted by atomic mass is 35.5. The summed E-state index contributed by atoms with van der Waals surface area (Å²) in [5, 5.41) is 5.53. The van der Waals surface area contributed by atoms with Gasteiger partial charge in [0.05, 0.1) is 6.10 Å². The molecule has 0 amide bonds. The molecule has 2 nitrogen and oxygen atoms in total. The van der Waals surface area contributed by atoms with Crippen LogP contribution < -0.4 is 5.32 Å². The van der Waals surface area contributed by atoms with Crippen LogP contribution in [0.25, 0.3) is 0 Å². The minimum absolute atomic E-state index is 0. The first-order valence-electron chi connectivity index (χ1n) is 4.80. The number of halogens is 1. The molecule has 2 heterocycles. The summed E-state index contributed by atoms with van der Waals surface area (Å²) in [6, 6.07) is 4.25. The summed E-state index contributed by atoms with van der Waals surface area (Å²) < 4.78 is 5.51. The summed E-state index contributed by atoms with van der Waals surface area (Å²) in [4.78, 5) is 1.40. The number of nitrogens with one attached hydrogen (secondary N) is 1. The van der Waals surface area contributed by atoms with Gasteiger partial charge in [0, 0.05) is 24.6 Å². The van der Waals surface area contributed by atoms with Crippen molar-refractivity contribution in [3.63, 3.8) is 0 Å². The monoisotopic (exact) mass is 233 g/mol. The number of hydrogen-bond acceptors (Lipinski definition) is 3. The molecule has 4 heteroatoms. The van der Waals surface area contributed by atoms with Crippen molar-refractivity contribution in [2.75, 3.05) is 13.2 Å². The molecule has 0 bridgehead atoms. The van der Waals surface area contributed by atoms with Crippen LogP contribution in [0.1, 0.15) is 17.7 Å². The van der Waals surface area contributed by atoms with E-state index in [9.17, 15) is 0 Å². The number of ether oxygens (including phenoxy) is 1. The molecule has 0 spiro atoms. The highest BCUT2D eigenvalue weighted by molar-refractivity contribution is 7.09. The molecule has 80 valence electrons. The third kappa shape index (κ3) is 3.58. The summed E-state index contributed by atoms with van der Waals surface area (Å²) in [6.07, 6.45) is 2.91. The van der Waals surface area contributed by atoms with Crippen LogP contribution in [0.2, 0.25) is 0 Å². The van der Waals surface area contributed by atoms with Crippen LogP contribution in [0.3, 0.4) is 0 Å². The van der Waals surface area contributed by atoms with E-state index >= 15 is 0 Å². The predicted molar refractivity (Wildman–Crippen MR) is 62.2 cm³/mol. The van der Waals surface area contributed by atoms with E-state index in [1.165, 1.54) is 17.7 Å². The second kappa shape index (κ2) is 6.40. The lowest BCUT2D eigenvalue weighted by Crippen LogP contribution is -2.25. The van der Waals surface area contributed by atoms with E-state index < -0.39 is 0 Å². The van der Waals surface area contributed by atoms with Gasteiger partial charge in [0.1, 0.15) is 0 Å². The van der Waals surface area contributed by atoms with Crippen LogP contribution in [-0.4, -0.2) is 19.3 Å². The summed E-state index contributed by atoms with van der Waals surface area (Å²) in [6.45, 7) is 2.93. The first-order chi connectivity index (χ1) is 6.45. The highest BCUT2D eigenvalue weighted by Crippen LogP contribution is 2.11. The molecule has 1 aliphatic heterocycles. The van der Waals surface area contributed by atoms with Gasteiger partial charge in [-0.3, -0.25) is 0 Å². The Bertz CT molecular complexity index is 234. The van der Waals surface area contributed by atoms with Crippen molar-refractivity contribution in [1.29, 1.82) is 0 Å². The zero-order valence-electron chi connectivity index (χ0n) is 8.07. The van der Waals surface area contributed by atoms with Crippen molar-refractivity contribution < 1.29 is 4.74 Å². The van der Waals surface area contributed by atoms with Gasteiger partial charge in [0.15, 0.2) is 0 Å². The van der Waals surface area contributed by atoms with E-state index in [0.717, 1.165) is 19.7 Å². The average molecular weight is 234 g/mol. The Morgan fingerprint density at radius 1 is 1.57 bits per heavy atom. The lowest BCUT2D eigenvalue weighted by atomic mass is 10.2. The van der Waals surface area contributed by atoms with E-state index in [1.54, 1.807) is 11.3 Å². The molecule has 0 aromatic carbocycles. The van der Waals surface area contributed by atoms with Gasteiger partial charge in [-0.25, -0.2) is 0 Å². The lowest BCUT2D eigenvalue weighted by Gasteiger charge is -2.09. The molecule has 1 aromatic rings. The zero-order valence-corrected chi connectivity index (χ0v) is 9.70. The van der Waals surface area contributed by atoms with E-state index in [1.807, 2.05) is 0 Å². The van der Waals surface area contributed by atoms with Gasteiger partial charge in [0.25, 0.3) is 0 Å². The van der Waals surface area contributed by atoms with Gasteiger partial charge in [-0.1, -0.05) is 6.07 Å².